The molecule has 0 amide bonds. The molecule has 1 N–H and O–H groups in total. The van der Waals surface area contributed by atoms with E-state index < -0.39 is 0 Å². The molecule has 6 rings (SSSR count). The number of fused-ring (bicyclic) bond motifs is 2. The predicted molar refractivity (Wildman–Crippen MR) is 142 cm³/mol. The lowest BCUT2D eigenvalue weighted by Crippen LogP contribution is -2.32. The molecule has 0 radical (unpaired) electrons. The first-order valence-corrected chi connectivity index (χ1v) is 12.3. The number of hydrogen-bond donors (Lipinski definition) is 1. The molecule has 176 valence electrons. The molecule has 3 aromatic heterocycles. The van der Waals surface area contributed by atoms with Crippen LogP contribution in [0.3, 0.4) is 0 Å². The molecule has 6 heteroatoms. The lowest BCUT2D eigenvalue weighted by Gasteiger charge is -2.36. The van der Waals surface area contributed by atoms with Crippen LogP contribution in [0.2, 0.25) is 0 Å². The molecule has 3 heterocycles. The highest BCUT2D eigenvalue weighted by Gasteiger charge is 2.33. The molecule has 0 atom stereocenters. The summed E-state index contributed by atoms with van der Waals surface area (Å²) in [6.45, 7) is 3.29. The molecule has 6 nitrogen and oxygen atoms in total. The van der Waals surface area contributed by atoms with Crippen molar-refractivity contribution >= 4 is 27.9 Å². The van der Waals surface area contributed by atoms with Crippen LogP contribution in [-0.2, 0) is 0 Å². The fourth-order valence-corrected chi connectivity index (χ4v) is 5.33. The van der Waals surface area contributed by atoms with Crippen LogP contribution in [0.5, 0.6) is 0 Å². The molecule has 1 saturated carbocycles. The maximum absolute atomic E-state index is 4.96. The van der Waals surface area contributed by atoms with Crippen molar-refractivity contribution in [3.63, 3.8) is 0 Å². The van der Waals surface area contributed by atoms with E-state index in [0.717, 1.165) is 57.5 Å². The summed E-state index contributed by atoms with van der Waals surface area (Å²) in [6.07, 6.45) is 8.22. The Morgan fingerprint density at radius 1 is 1.03 bits per heavy atom. The van der Waals surface area contributed by atoms with E-state index >= 15 is 0 Å². The third kappa shape index (κ3) is 4.15. The second kappa shape index (κ2) is 8.78. The Hall–Kier alpha value is -3.77. The van der Waals surface area contributed by atoms with Crippen LogP contribution in [0.1, 0.15) is 30.1 Å². The zero-order valence-electron chi connectivity index (χ0n) is 20.4. The van der Waals surface area contributed by atoms with Gasteiger partial charge in [0.25, 0.3) is 0 Å². The number of benzene rings is 2. The number of aromatic nitrogens is 4. The molecule has 0 spiro atoms. The molecular formula is C29H30N6. The van der Waals surface area contributed by atoms with Crippen molar-refractivity contribution in [1.29, 1.82) is 0 Å². The monoisotopic (exact) mass is 462 g/mol. The van der Waals surface area contributed by atoms with Gasteiger partial charge in [-0.2, -0.15) is 0 Å². The van der Waals surface area contributed by atoms with Crippen molar-refractivity contribution in [2.45, 2.75) is 25.7 Å². The van der Waals surface area contributed by atoms with E-state index in [4.69, 9.17) is 9.97 Å². The summed E-state index contributed by atoms with van der Waals surface area (Å²) in [7, 11) is 4.29. The number of imidazole rings is 1. The first-order chi connectivity index (χ1) is 17.0. The van der Waals surface area contributed by atoms with Crippen LogP contribution in [0.4, 0.5) is 11.5 Å². The third-order valence-corrected chi connectivity index (χ3v) is 7.06. The van der Waals surface area contributed by atoms with E-state index in [-0.39, 0.29) is 0 Å². The molecule has 5 aromatic rings. The molecule has 2 aromatic carbocycles. The summed E-state index contributed by atoms with van der Waals surface area (Å²) in [5.74, 6) is 3.23. The normalized spacial score (nSPS) is 17.7. The lowest BCUT2D eigenvalue weighted by atomic mass is 9.74. The summed E-state index contributed by atoms with van der Waals surface area (Å²) < 4.78 is 2.20. The number of aryl methyl sites for hydroxylation is 1. The third-order valence-electron chi connectivity index (χ3n) is 7.06. The smallest absolute Gasteiger partial charge is 0.156 e. The van der Waals surface area contributed by atoms with E-state index in [9.17, 15) is 0 Å². The number of rotatable bonds is 6. The van der Waals surface area contributed by atoms with E-state index in [1.165, 1.54) is 18.4 Å². The minimum Gasteiger partial charge on any atom is -0.338 e. The molecule has 0 unspecified atom stereocenters. The van der Waals surface area contributed by atoms with Crippen LogP contribution < -0.4 is 5.32 Å². The Kier molecular flexibility index (Phi) is 5.46. The van der Waals surface area contributed by atoms with Gasteiger partial charge in [-0.05, 0) is 63.5 Å². The van der Waals surface area contributed by atoms with Crippen molar-refractivity contribution in [2.75, 3.05) is 26.0 Å². The van der Waals surface area contributed by atoms with Gasteiger partial charge in [-0.25, -0.2) is 15.0 Å². The molecule has 0 aliphatic heterocycles. The highest BCUT2D eigenvalue weighted by atomic mass is 15.1. The van der Waals surface area contributed by atoms with Crippen molar-refractivity contribution in [1.82, 2.24) is 24.3 Å². The summed E-state index contributed by atoms with van der Waals surface area (Å²) in [6, 6.07) is 18.8. The largest absolute Gasteiger partial charge is 0.338 e. The van der Waals surface area contributed by atoms with Gasteiger partial charge in [0.05, 0.1) is 17.4 Å². The Morgan fingerprint density at radius 3 is 2.66 bits per heavy atom. The zero-order valence-corrected chi connectivity index (χ0v) is 20.4. The fraction of sp³-hybridized carbons (Fsp3) is 0.276. The van der Waals surface area contributed by atoms with Gasteiger partial charge in [-0.1, -0.05) is 36.4 Å². The lowest BCUT2D eigenvalue weighted by molar-refractivity contribution is 0.194. The number of anilines is 2. The van der Waals surface area contributed by atoms with E-state index in [1.54, 1.807) is 0 Å². The number of nitrogens with one attached hydrogen (secondary N) is 1. The van der Waals surface area contributed by atoms with Gasteiger partial charge in [0.15, 0.2) is 5.82 Å². The average molecular weight is 463 g/mol. The molecule has 1 fully saturated rings. The Morgan fingerprint density at radius 2 is 1.86 bits per heavy atom. The standard InChI is InChI=1S/C29H30N6/c1-19-13-25(21-7-5-4-6-8-21)33-26-16-23(9-10-24(19)26)32-28-27-17-31-29(35(27)12-11-30-28)22-14-20(15-22)18-34(2)3/h4-13,16-17,20,22H,14-15,18H2,1-3H3,(H,30,32). The van der Waals surface area contributed by atoms with Crippen LogP contribution in [0.15, 0.2) is 73.2 Å². The van der Waals surface area contributed by atoms with Gasteiger partial charge in [0, 0.05) is 41.5 Å². The molecular weight excluding hydrogens is 432 g/mol. The van der Waals surface area contributed by atoms with Gasteiger partial charge in [0.1, 0.15) is 11.3 Å². The number of hydrogen-bond acceptors (Lipinski definition) is 5. The van der Waals surface area contributed by atoms with Crippen LogP contribution in [0, 0.1) is 12.8 Å². The fourth-order valence-electron chi connectivity index (χ4n) is 5.33. The van der Waals surface area contributed by atoms with Gasteiger partial charge in [-0.15, -0.1) is 0 Å². The van der Waals surface area contributed by atoms with Crippen molar-refractivity contribution in [3.05, 3.63) is 84.6 Å². The minimum absolute atomic E-state index is 0.516. The second-order valence-electron chi connectivity index (χ2n) is 9.99. The van der Waals surface area contributed by atoms with Crippen molar-refractivity contribution in [3.8, 4) is 11.3 Å². The predicted octanol–water partition coefficient (Wildman–Crippen LogP) is 6.05. The van der Waals surface area contributed by atoms with Crippen LogP contribution in [0.25, 0.3) is 27.7 Å². The molecule has 1 aliphatic rings. The Balaban J connectivity index is 1.29. The summed E-state index contributed by atoms with van der Waals surface area (Å²) in [4.78, 5) is 16.7. The van der Waals surface area contributed by atoms with Crippen LogP contribution in [-0.4, -0.2) is 44.9 Å². The second-order valence-corrected chi connectivity index (χ2v) is 9.99. The van der Waals surface area contributed by atoms with Gasteiger partial charge in [-0.3, -0.25) is 4.40 Å². The maximum atomic E-state index is 4.96. The van der Waals surface area contributed by atoms with Gasteiger partial charge < -0.3 is 10.2 Å². The summed E-state index contributed by atoms with van der Waals surface area (Å²) in [5.41, 5.74) is 6.26. The Bertz CT molecular complexity index is 1500. The molecule has 1 aliphatic carbocycles. The number of pyridine rings is 1. The summed E-state index contributed by atoms with van der Waals surface area (Å²) in [5, 5.41) is 4.68. The minimum atomic E-state index is 0.516. The molecule has 35 heavy (non-hydrogen) atoms. The SMILES string of the molecule is Cc1cc(-c2ccccc2)nc2cc(Nc3nccn4c(C5CC(CN(C)C)C5)ncc34)ccc12. The van der Waals surface area contributed by atoms with Crippen molar-refractivity contribution in [2.24, 2.45) is 5.92 Å². The van der Waals surface area contributed by atoms with Crippen LogP contribution >= 0.6 is 0 Å². The van der Waals surface area contributed by atoms with Gasteiger partial charge in [0.2, 0.25) is 0 Å². The Labute approximate surface area is 205 Å². The highest BCUT2D eigenvalue weighted by molar-refractivity contribution is 5.88. The van der Waals surface area contributed by atoms with E-state index in [1.807, 2.05) is 36.8 Å². The van der Waals surface area contributed by atoms with Gasteiger partial charge >= 0.3 is 0 Å². The molecule has 0 bridgehead atoms. The van der Waals surface area contributed by atoms with E-state index in [2.05, 4.69) is 77.0 Å². The molecule has 0 saturated heterocycles. The first kappa shape index (κ1) is 21.7. The highest BCUT2D eigenvalue weighted by Crippen LogP contribution is 2.41. The van der Waals surface area contributed by atoms with E-state index in [0.29, 0.717) is 5.92 Å². The topological polar surface area (TPSA) is 58.4 Å². The quantitative estimate of drug-likeness (QED) is 0.333. The average Bonchev–Trinajstić information content (AvgIpc) is 3.26. The van der Waals surface area contributed by atoms with Crippen molar-refractivity contribution < 1.29 is 0 Å². The zero-order chi connectivity index (χ0) is 23.9. The summed E-state index contributed by atoms with van der Waals surface area (Å²) >= 11 is 0. The first-order valence-electron chi connectivity index (χ1n) is 12.3. The maximum Gasteiger partial charge on any atom is 0.156 e. The number of nitrogens with zero attached hydrogens (tertiary/aromatic N) is 5.